The number of hydrogen-bond acceptors (Lipinski definition) is 2. The zero-order chi connectivity index (χ0) is 11.5. The SMILES string of the molecule is COCC1CN(Cc2cc(Cl)ccc2Br)C1. The number of nitrogens with zero attached hydrogens (tertiary/aromatic N) is 1. The summed E-state index contributed by atoms with van der Waals surface area (Å²) in [5.41, 5.74) is 1.25. The molecule has 1 aliphatic rings. The summed E-state index contributed by atoms with van der Waals surface area (Å²) in [4.78, 5) is 2.40. The number of halogens is 2. The van der Waals surface area contributed by atoms with Gasteiger partial charge in [0.2, 0.25) is 0 Å². The molecule has 1 saturated heterocycles. The number of likely N-dealkylation sites (tertiary alicyclic amines) is 1. The fourth-order valence-corrected chi connectivity index (χ4v) is 2.62. The zero-order valence-corrected chi connectivity index (χ0v) is 11.6. The summed E-state index contributed by atoms with van der Waals surface area (Å²) in [6.07, 6.45) is 0. The Morgan fingerprint density at radius 3 is 2.94 bits per heavy atom. The number of hydrogen-bond donors (Lipinski definition) is 0. The molecule has 1 aromatic rings. The van der Waals surface area contributed by atoms with Gasteiger partial charge in [0.1, 0.15) is 0 Å². The second-order valence-corrected chi connectivity index (χ2v) is 5.54. The Kier molecular flexibility index (Phi) is 4.25. The van der Waals surface area contributed by atoms with Gasteiger partial charge in [0.25, 0.3) is 0 Å². The van der Waals surface area contributed by atoms with Gasteiger partial charge in [0.05, 0.1) is 6.61 Å². The molecular weight excluding hydrogens is 289 g/mol. The molecular formula is C12H15BrClNO. The van der Waals surface area contributed by atoms with Crippen LogP contribution in [0.25, 0.3) is 0 Å². The van der Waals surface area contributed by atoms with Gasteiger partial charge < -0.3 is 4.74 Å². The van der Waals surface area contributed by atoms with Crippen molar-refractivity contribution >= 4 is 27.5 Å². The maximum Gasteiger partial charge on any atom is 0.0515 e. The van der Waals surface area contributed by atoms with E-state index in [1.165, 1.54) is 5.56 Å². The lowest BCUT2D eigenvalue weighted by Crippen LogP contribution is -2.47. The Hall–Kier alpha value is -0.0900. The van der Waals surface area contributed by atoms with E-state index in [-0.39, 0.29) is 0 Å². The van der Waals surface area contributed by atoms with Gasteiger partial charge in [-0.25, -0.2) is 0 Å². The van der Waals surface area contributed by atoms with Gasteiger partial charge in [0, 0.05) is 42.2 Å². The van der Waals surface area contributed by atoms with Gasteiger partial charge in [-0.15, -0.1) is 0 Å². The molecule has 16 heavy (non-hydrogen) atoms. The fourth-order valence-electron chi connectivity index (χ4n) is 2.05. The summed E-state index contributed by atoms with van der Waals surface area (Å²) in [6, 6.07) is 5.93. The molecule has 0 amide bonds. The minimum absolute atomic E-state index is 0.697. The number of ether oxygens (including phenoxy) is 1. The van der Waals surface area contributed by atoms with Crippen LogP contribution in [0.15, 0.2) is 22.7 Å². The minimum Gasteiger partial charge on any atom is -0.384 e. The van der Waals surface area contributed by atoms with Crippen LogP contribution < -0.4 is 0 Å². The molecule has 1 fully saturated rings. The van der Waals surface area contributed by atoms with Gasteiger partial charge in [-0.3, -0.25) is 4.90 Å². The van der Waals surface area contributed by atoms with E-state index in [2.05, 4.69) is 20.8 Å². The molecule has 0 aliphatic carbocycles. The van der Waals surface area contributed by atoms with Crippen LogP contribution in [0.2, 0.25) is 5.02 Å². The summed E-state index contributed by atoms with van der Waals surface area (Å²) in [5, 5.41) is 0.798. The van der Waals surface area contributed by atoms with Crippen LogP contribution in [0.5, 0.6) is 0 Å². The topological polar surface area (TPSA) is 12.5 Å². The molecule has 0 aromatic heterocycles. The van der Waals surface area contributed by atoms with E-state index in [0.29, 0.717) is 5.92 Å². The van der Waals surface area contributed by atoms with Crippen molar-refractivity contribution in [3.8, 4) is 0 Å². The first-order valence-corrected chi connectivity index (χ1v) is 6.51. The monoisotopic (exact) mass is 303 g/mol. The third-order valence-corrected chi connectivity index (χ3v) is 3.85. The molecule has 0 radical (unpaired) electrons. The predicted molar refractivity (Wildman–Crippen MR) is 69.8 cm³/mol. The molecule has 1 aliphatic heterocycles. The molecule has 1 heterocycles. The van der Waals surface area contributed by atoms with Gasteiger partial charge in [-0.05, 0) is 23.8 Å². The first kappa shape index (κ1) is 12.4. The molecule has 0 atom stereocenters. The van der Waals surface area contributed by atoms with E-state index in [1.54, 1.807) is 7.11 Å². The molecule has 4 heteroatoms. The van der Waals surface area contributed by atoms with Crippen molar-refractivity contribution in [2.45, 2.75) is 6.54 Å². The largest absolute Gasteiger partial charge is 0.384 e. The normalized spacial score (nSPS) is 17.4. The van der Waals surface area contributed by atoms with Gasteiger partial charge in [-0.1, -0.05) is 27.5 Å². The highest BCUT2D eigenvalue weighted by Crippen LogP contribution is 2.25. The fraction of sp³-hybridized carbons (Fsp3) is 0.500. The van der Waals surface area contributed by atoms with Crippen molar-refractivity contribution in [1.29, 1.82) is 0 Å². The maximum atomic E-state index is 5.98. The lowest BCUT2D eigenvalue weighted by atomic mass is 10.0. The highest BCUT2D eigenvalue weighted by molar-refractivity contribution is 9.10. The smallest absolute Gasteiger partial charge is 0.0515 e. The summed E-state index contributed by atoms with van der Waals surface area (Å²) in [6.45, 7) is 4.06. The van der Waals surface area contributed by atoms with Crippen molar-refractivity contribution in [1.82, 2.24) is 4.90 Å². The quantitative estimate of drug-likeness (QED) is 0.847. The average Bonchev–Trinajstić information content (AvgIpc) is 2.20. The molecule has 2 rings (SSSR count). The van der Waals surface area contributed by atoms with E-state index in [9.17, 15) is 0 Å². The summed E-state index contributed by atoms with van der Waals surface area (Å²) in [7, 11) is 1.76. The average molecular weight is 305 g/mol. The van der Waals surface area contributed by atoms with Crippen LogP contribution in [0.1, 0.15) is 5.56 Å². The highest BCUT2D eigenvalue weighted by Gasteiger charge is 2.26. The summed E-state index contributed by atoms with van der Waals surface area (Å²) < 4.78 is 6.26. The molecule has 88 valence electrons. The molecule has 2 nitrogen and oxygen atoms in total. The Bertz CT molecular complexity index is 366. The molecule has 0 spiro atoms. The van der Waals surface area contributed by atoms with E-state index in [1.807, 2.05) is 18.2 Å². The molecule has 0 saturated carbocycles. The van der Waals surface area contributed by atoms with E-state index in [4.69, 9.17) is 16.3 Å². The van der Waals surface area contributed by atoms with E-state index < -0.39 is 0 Å². The van der Waals surface area contributed by atoms with Gasteiger partial charge >= 0.3 is 0 Å². The van der Waals surface area contributed by atoms with Crippen LogP contribution in [0, 0.1) is 5.92 Å². The number of methoxy groups -OCH3 is 1. The summed E-state index contributed by atoms with van der Waals surface area (Å²) >= 11 is 9.53. The number of benzene rings is 1. The lowest BCUT2D eigenvalue weighted by Gasteiger charge is -2.39. The maximum absolute atomic E-state index is 5.98. The first-order chi connectivity index (χ1) is 7.69. The minimum atomic E-state index is 0.697. The van der Waals surface area contributed by atoms with E-state index >= 15 is 0 Å². The highest BCUT2D eigenvalue weighted by atomic mass is 79.9. The summed E-state index contributed by atoms with van der Waals surface area (Å²) in [5.74, 6) is 0.697. The van der Waals surface area contributed by atoms with Crippen LogP contribution in [0.3, 0.4) is 0 Å². The molecule has 0 N–H and O–H groups in total. The second-order valence-electron chi connectivity index (χ2n) is 4.25. The predicted octanol–water partition coefficient (Wildman–Crippen LogP) is 3.18. The van der Waals surface area contributed by atoms with Crippen molar-refractivity contribution in [2.24, 2.45) is 5.92 Å². The Morgan fingerprint density at radius 1 is 1.50 bits per heavy atom. The van der Waals surface area contributed by atoms with Crippen LogP contribution >= 0.6 is 27.5 Å². The zero-order valence-electron chi connectivity index (χ0n) is 9.25. The standard InChI is InChI=1S/C12H15BrClNO/c1-16-8-9-5-15(6-9)7-10-4-11(14)2-3-12(10)13/h2-4,9H,5-8H2,1H3. The van der Waals surface area contributed by atoms with Crippen molar-refractivity contribution in [3.05, 3.63) is 33.3 Å². The van der Waals surface area contributed by atoms with Gasteiger partial charge in [-0.2, -0.15) is 0 Å². The van der Waals surface area contributed by atoms with Gasteiger partial charge in [0.15, 0.2) is 0 Å². The lowest BCUT2D eigenvalue weighted by molar-refractivity contribution is 0.0292. The number of rotatable bonds is 4. The van der Waals surface area contributed by atoms with E-state index in [0.717, 1.165) is 35.7 Å². The Balaban J connectivity index is 1.89. The second kappa shape index (κ2) is 5.50. The third-order valence-electron chi connectivity index (χ3n) is 2.84. The van der Waals surface area contributed by atoms with Crippen LogP contribution in [-0.4, -0.2) is 31.7 Å². The Morgan fingerprint density at radius 2 is 2.25 bits per heavy atom. The molecule has 1 aromatic carbocycles. The molecule has 0 unspecified atom stereocenters. The van der Waals surface area contributed by atoms with Crippen LogP contribution in [-0.2, 0) is 11.3 Å². The van der Waals surface area contributed by atoms with Crippen LogP contribution in [0.4, 0.5) is 0 Å². The Labute approximate surface area is 110 Å². The third kappa shape index (κ3) is 2.98. The van der Waals surface area contributed by atoms with Crippen molar-refractivity contribution in [3.63, 3.8) is 0 Å². The van der Waals surface area contributed by atoms with Crippen molar-refractivity contribution in [2.75, 3.05) is 26.8 Å². The molecule has 0 bridgehead atoms. The van der Waals surface area contributed by atoms with Crippen molar-refractivity contribution < 1.29 is 4.74 Å². The first-order valence-electron chi connectivity index (χ1n) is 5.34.